The smallest absolute Gasteiger partial charge is 0.177 e. The molecule has 1 heterocycles. The molecule has 88 valence electrons. The van der Waals surface area contributed by atoms with E-state index in [0.29, 0.717) is 15.6 Å². The zero-order valence-corrected chi connectivity index (χ0v) is 10.8. The van der Waals surface area contributed by atoms with Gasteiger partial charge in [0.25, 0.3) is 0 Å². The van der Waals surface area contributed by atoms with Crippen LogP contribution in [-0.2, 0) is 6.42 Å². The maximum absolute atomic E-state index is 11.9. The van der Waals surface area contributed by atoms with Crippen molar-refractivity contribution < 1.29 is 9.53 Å². The van der Waals surface area contributed by atoms with Crippen molar-refractivity contribution in [1.82, 2.24) is 0 Å². The quantitative estimate of drug-likeness (QED) is 0.786. The van der Waals surface area contributed by atoms with Crippen LogP contribution in [0.4, 0.5) is 0 Å². The Labute approximate surface area is 109 Å². The summed E-state index contributed by atoms with van der Waals surface area (Å²) in [7, 11) is 1.62. The van der Waals surface area contributed by atoms with Crippen molar-refractivity contribution >= 4 is 28.7 Å². The molecule has 0 bridgehead atoms. The van der Waals surface area contributed by atoms with Crippen molar-refractivity contribution in [2.45, 2.75) is 6.42 Å². The van der Waals surface area contributed by atoms with Crippen LogP contribution in [0.3, 0.4) is 0 Å². The second kappa shape index (κ2) is 5.34. The van der Waals surface area contributed by atoms with Crippen LogP contribution >= 0.6 is 22.9 Å². The fraction of sp³-hybridized carbons (Fsp3) is 0.154. The summed E-state index contributed by atoms with van der Waals surface area (Å²) in [6.07, 6.45) is 0.390. The number of rotatable bonds is 4. The first-order chi connectivity index (χ1) is 8.19. The molecule has 0 atom stereocenters. The van der Waals surface area contributed by atoms with Gasteiger partial charge in [0.2, 0.25) is 0 Å². The molecular formula is C13H11ClO2S. The number of benzene rings is 1. The van der Waals surface area contributed by atoms with Crippen LogP contribution in [0.15, 0.2) is 36.4 Å². The molecule has 0 saturated carbocycles. The Hall–Kier alpha value is -1.32. The monoisotopic (exact) mass is 266 g/mol. The minimum atomic E-state index is 0.0899. The molecule has 0 unspecified atom stereocenters. The second-order valence-corrected chi connectivity index (χ2v) is 5.27. The normalized spacial score (nSPS) is 10.2. The molecule has 0 aliphatic heterocycles. The van der Waals surface area contributed by atoms with Crippen LogP contribution in [0.5, 0.6) is 5.75 Å². The zero-order chi connectivity index (χ0) is 12.3. The van der Waals surface area contributed by atoms with Crippen molar-refractivity contribution in [3.8, 4) is 5.75 Å². The number of thiophene rings is 1. The van der Waals surface area contributed by atoms with Crippen LogP contribution in [-0.4, -0.2) is 12.9 Å². The van der Waals surface area contributed by atoms with Gasteiger partial charge in [0.1, 0.15) is 5.75 Å². The van der Waals surface area contributed by atoms with Crippen molar-refractivity contribution in [1.29, 1.82) is 0 Å². The Morgan fingerprint density at radius 2 is 1.94 bits per heavy atom. The molecule has 0 aliphatic carbocycles. The highest BCUT2D eigenvalue weighted by molar-refractivity contribution is 7.18. The lowest BCUT2D eigenvalue weighted by Crippen LogP contribution is -2.00. The summed E-state index contributed by atoms with van der Waals surface area (Å²) in [5.41, 5.74) is 0.973. The highest BCUT2D eigenvalue weighted by Crippen LogP contribution is 2.23. The number of hydrogen-bond donors (Lipinski definition) is 0. The molecule has 1 aromatic heterocycles. The lowest BCUT2D eigenvalue weighted by Gasteiger charge is -2.02. The maximum atomic E-state index is 11.9. The van der Waals surface area contributed by atoms with Gasteiger partial charge < -0.3 is 4.74 Å². The summed E-state index contributed by atoms with van der Waals surface area (Å²) >= 11 is 7.11. The maximum Gasteiger partial charge on any atom is 0.177 e. The molecular weight excluding hydrogens is 256 g/mol. The predicted molar refractivity (Wildman–Crippen MR) is 70.4 cm³/mol. The topological polar surface area (TPSA) is 26.3 Å². The molecule has 2 aromatic rings. The summed E-state index contributed by atoms with van der Waals surface area (Å²) in [4.78, 5) is 12.6. The first kappa shape index (κ1) is 12.1. The Balaban J connectivity index is 2.07. The fourth-order valence-electron chi connectivity index (χ4n) is 1.48. The van der Waals surface area contributed by atoms with E-state index in [1.54, 1.807) is 19.2 Å². The van der Waals surface area contributed by atoms with Gasteiger partial charge >= 0.3 is 0 Å². The predicted octanol–water partition coefficient (Wildman–Crippen LogP) is 3.84. The van der Waals surface area contributed by atoms with Gasteiger partial charge in [-0.3, -0.25) is 4.79 Å². The van der Waals surface area contributed by atoms with Gasteiger partial charge in [-0.2, -0.15) is 0 Å². The van der Waals surface area contributed by atoms with Crippen molar-refractivity contribution in [2.24, 2.45) is 0 Å². The molecule has 0 amide bonds. The number of halogens is 1. The molecule has 2 rings (SSSR count). The Kier molecular flexibility index (Phi) is 3.82. The van der Waals surface area contributed by atoms with E-state index < -0.39 is 0 Å². The first-order valence-electron chi connectivity index (χ1n) is 5.10. The second-order valence-electron chi connectivity index (χ2n) is 3.55. The third kappa shape index (κ3) is 3.08. The standard InChI is InChI=1S/C13H11ClO2S/c1-16-10-4-2-9(3-5-10)8-11(15)12-6-7-13(14)17-12/h2-7H,8H2,1H3. The SMILES string of the molecule is COc1ccc(CC(=O)c2ccc(Cl)s2)cc1. The van der Waals surface area contributed by atoms with Gasteiger partial charge in [0, 0.05) is 6.42 Å². The Bertz CT molecular complexity index is 516. The van der Waals surface area contributed by atoms with Crippen LogP contribution in [0.2, 0.25) is 4.34 Å². The third-order valence-electron chi connectivity index (χ3n) is 2.37. The van der Waals surface area contributed by atoms with E-state index in [0.717, 1.165) is 11.3 Å². The number of hydrogen-bond acceptors (Lipinski definition) is 3. The van der Waals surface area contributed by atoms with E-state index >= 15 is 0 Å². The minimum Gasteiger partial charge on any atom is -0.497 e. The largest absolute Gasteiger partial charge is 0.497 e. The summed E-state index contributed by atoms with van der Waals surface area (Å²) in [5.74, 6) is 0.882. The number of ketones is 1. The minimum absolute atomic E-state index is 0.0899. The first-order valence-corrected chi connectivity index (χ1v) is 6.30. The van der Waals surface area contributed by atoms with E-state index in [-0.39, 0.29) is 5.78 Å². The number of methoxy groups -OCH3 is 1. The Morgan fingerprint density at radius 3 is 2.47 bits per heavy atom. The number of carbonyl (C=O) groups is 1. The molecule has 17 heavy (non-hydrogen) atoms. The van der Waals surface area contributed by atoms with Crippen LogP contribution in [0, 0.1) is 0 Å². The molecule has 2 nitrogen and oxygen atoms in total. The van der Waals surface area contributed by atoms with Crippen molar-refractivity contribution in [3.63, 3.8) is 0 Å². The molecule has 0 N–H and O–H groups in total. The molecule has 4 heteroatoms. The average Bonchev–Trinajstić information content (AvgIpc) is 2.77. The molecule has 0 aliphatic rings. The van der Waals surface area contributed by atoms with Crippen LogP contribution in [0.25, 0.3) is 0 Å². The molecule has 0 radical (unpaired) electrons. The van der Waals surface area contributed by atoms with Crippen molar-refractivity contribution in [2.75, 3.05) is 7.11 Å². The third-order valence-corrected chi connectivity index (χ3v) is 3.64. The van der Waals surface area contributed by atoms with Crippen molar-refractivity contribution in [3.05, 3.63) is 51.2 Å². The van der Waals surface area contributed by atoms with E-state index in [1.165, 1.54) is 11.3 Å². The van der Waals surface area contributed by atoms with E-state index in [4.69, 9.17) is 16.3 Å². The van der Waals surface area contributed by atoms with Gasteiger partial charge in [-0.1, -0.05) is 23.7 Å². The Morgan fingerprint density at radius 1 is 1.24 bits per heavy atom. The van der Waals surface area contributed by atoms with Crippen LogP contribution in [0.1, 0.15) is 15.2 Å². The van der Waals surface area contributed by atoms with Crippen LogP contribution < -0.4 is 4.74 Å². The van der Waals surface area contributed by atoms with E-state index in [1.807, 2.05) is 24.3 Å². The summed E-state index contributed by atoms with van der Waals surface area (Å²) in [5, 5.41) is 0. The summed E-state index contributed by atoms with van der Waals surface area (Å²) in [6, 6.07) is 11.0. The number of carbonyl (C=O) groups excluding carboxylic acids is 1. The lowest BCUT2D eigenvalue weighted by molar-refractivity contribution is 0.0997. The summed E-state index contributed by atoms with van der Waals surface area (Å²) in [6.45, 7) is 0. The molecule has 0 spiro atoms. The number of Topliss-reactive ketones (excluding diaryl/α,β-unsaturated/α-hetero) is 1. The fourth-order valence-corrected chi connectivity index (χ4v) is 2.46. The van der Waals surface area contributed by atoms with Gasteiger partial charge in [-0.15, -0.1) is 11.3 Å². The van der Waals surface area contributed by atoms with Gasteiger partial charge in [-0.25, -0.2) is 0 Å². The molecule has 0 saturated heterocycles. The average molecular weight is 267 g/mol. The van der Waals surface area contributed by atoms with E-state index in [2.05, 4.69) is 0 Å². The highest BCUT2D eigenvalue weighted by Gasteiger charge is 2.09. The van der Waals surface area contributed by atoms with Gasteiger partial charge in [-0.05, 0) is 29.8 Å². The molecule has 0 fully saturated rings. The zero-order valence-electron chi connectivity index (χ0n) is 9.27. The van der Waals surface area contributed by atoms with E-state index in [9.17, 15) is 4.79 Å². The van der Waals surface area contributed by atoms with Gasteiger partial charge in [0.05, 0.1) is 16.3 Å². The number of ether oxygens (including phenoxy) is 1. The lowest BCUT2D eigenvalue weighted by atomic mass is 10.1. The summed E-state index contributed by atoms with van der Waals surface area (Å²) < 4.78 is 5.70. The molecule has 1 aromatic carbocycles. The van der Waals surface area contributed by atoms with Gasteiger partial charge in [0.15, 0.2) is 5.78 Å². The highest BCUT2D eigenvalue weighted by atomic mass is 35.5.